The summed E-state index contributed by atoms with van der Waals surface area (Å²) in [7, 11) is -3.61. The summed E-state index contributed by atoms with van der Waals surface area (Å²) in [5.41, 5.74) is 0.565. The molecule has 1 unspecified atom stereocenters. The number of sulfonamides is 1. The highest BCUT2D eigenvalue weighted by Crippen LogP contribution is 2.29. The molecule has 1 heterocycles. The summed E-state index contributed by atoms with van der Waals surface area (Å²) < 4.78 is 27.1. The van der Waals surface area contributed by atoms with Crippen LogP contribution in [0.2, 0.25) is 5.02 Å². The predicted octanol–water partition coefficient (Wildman–Crippen LogP) is 2.57. The number of aliphatic hydroxyl groups is 1. The first kappa shape index (κ1) is 15.8. The van der Waals surface area contributed by atoms with Crippen LogP contribution in [0.15, 0.2) is 23.1 Å². The van der Waals surface area contributed by atoms with Crippen LogP contribution in [-0.4, -0.2) is 37.0 Å². The van der Waals surface area contributed by atoms with Crippen molar-refractivity contribution in [1.82, 2.24) is 4.31 Å². The molecular formula is C14H20ClNO3S. The van der Waals surface area contributed by atoms with E-state index in [1.807, 2.05) is 0 Å². The van der Waals surface area contributed by atoms with Crippen molar-refractivity contribution in [1.29, 1.82) is 0 Å². The van der Waals surface area contributed by atoms with Crippen molar-refractivity contribution in [3.05, 3.63) is 28.8 Å². The maximum atomic E-state index is 12.8. The number of benzene rings is 1. The molecule has 0 bridgehead atoms. The van der Waals surface area contributed by atoms with Crippen LogP contribution < -0.4 is 0 Å². The number of nitrogens with zero attached hydrogens (tertiary/aromatic N) is 1. The lowest BCUT2D eigenvalue weighted by Gasteiger charge is -2.28. The van der Waals surface area contributed by atoms with E-state index in [0.717, 1.165) is 19.3 Å². The Morgan fingerprint density at radius 1 is 1.35 bits per heavy atom. The Balaban J connectivity index is 2.44. The van der Waals surface area contributed by atoms with Crippen LogP contribution >= 0.6 is 11.6 Å². The predicted molar refractivity (Wildman–Crippen MR) is 79.4 cm³/mol. The van der Waals surface area contributed by atoms with Gasteiger partial charge in [-0.05, 0) is 37.5 Å². The molecule has 1 aromatic carbocycles. The van der Waals surface area contributed by atoms with Gasteiger partial charge in [0.15, 0.2) is 0 Å². The van der Waals surface area contributed by atoms with Crippen molar-refractivity contribution in [2.75, 3.05) is 13.2 Å². The molecule has 0 aromatic heterocycles. The minimum Gasteiger partial charge on any atom is -0.395 e. The van der Waals surface area contributed by atoms with Crippen LogP contribution in [-0.2, 0) is 10.0 Å². The highest BCUT2D eigenvalue weighted by atomic mass is 35.5. The Morgan fingerprint density at radius 3 is 2.80 bits per heavy atom. The van der Waals surface area contributed by atoms with Gasteiger partial charge in [-0.2, -0.15) is 4.31 Å². The lowest BCUT2D eigenvalue weighted by atomic mass is 10.1. The maximum absolute atomic E-state index is 12.8. The van der Waals surface area contributed by atoms with Gasteiger partial charge in [-0.25, -0.2) is 8.42 Å². The molecule has 4 nitrogen and oxygen atoms in total. The van der Waals surface area contributed by atoms with Gasteiger partial charge in [0.25, 0.3) is 0 Å². The zero-order valence-corrected chi connectivity index (χ0v) is 13.1. The zero-order valence-electron chi connectivity index (χ0n) is 11.5. The topological polar surface area (TPSA) is 57.6 Å². The monoisotopic (exact) mass is 317 g/mol. The van der Waals surface area contributed by atoms with E-state index in [1.54, 1.807) is 25.1 Å². The van der Waals surface area contributed by atoms with Crippen LogP contribution in [0, 0.1) is 6.92 Å². The minimum atomic E-state index is -3.61. The molecule has 112 valence electrons. The fraction of sp³-hybridized carbons (Fsp3) is 0.571. The molecule has 0 spiro atoms. The summed E-state index contributed by atoms with van der Waals surface area (Å²) in [6.07, 6.45) is 3.48. The average Bonchev–Trinajstić information content (AvgIpc) is 2.67. The lowest BCUT2D eigenvalue weighted by molar-refractivity contribution is 0.186. The second-order valence-corrected chi connectivity index (χ2v) is 7.43. The molecule has 0 radical (unpaired) electrons. The van der Waals surface area contributed by atoms with Gasteiger partial charge in [-0.3, -0.25) is 0 Å². The Labute approximate surface area is 125 Å². The van der Waals surface area contributed by atoms with Gasteiger partial charge in [0.1, 0.15) is 0 Å². The van der Waals surface area contributed by atoms with Crippen molar-refractivity contribution in [2.45, 2.75) is 43.5 Å². The fourth-order valence-electron chi connectivity index (χ4n) is 2.64. The molecule has 0 saturated carbocycles. The quantitative estimate of drug-likeness (QED) is 0.932. The molecule has 6 heteroatoms. The number of halogens is 1. The van der Waals surface area contributed by atoms with E-state index < -0.39 is 10.0 Å². The van der Waals surface area contributed by atoms with Crippen molar-refractivity contribution < 1.29 is 13.5 Å². The molecule has 2 rings (SSSR count). The smallest absolute Gasteiger partial charge is 0.243 e. The fourth-order valence-corrected chi connectivity index (χ4v) is 4.81. The third kappa shape index (κ3) is 3.01. The van der Waals surface area contributed by atoms with E-state index in [9.17, 15) is 13.5 Å². The molecule has 1 aliphatic rings. The van der Waals surface area contributed by atoms with E-state index in [0.29, 0.717) is 23.6 Å². The largest absolute Gasteiger partial charge is 0.395 e. The van der Waals surface area contributed by atoms with Gasteiger partial charge in [-0.1, -0.05) is 30.5 Å². The number of rotatable bonds is 3. The normalized spacial score (nSPS) is 21.6. The van der Waals surface area contributed by atoms with Crippen molar-refractivity contribution in [2.24, 2.45) is 0 Å². The molecule has 1 aromatic rings. The van der Waals surface area contributed by atoms with Crippen molar-refractivity contribution in [3.63, 3.8) is 0 Å². The van der Waals surface area contributed by atoms with Crippen LogP contribution in [0.5, 0.6) is 0 Å². The van der Waals surface area contributed by atoms with E-state index in [4.69, 9.17) is 11.6 Å². The Bertz CT molecular complexity index is 574. The second-order valence-electron chi connectivity index (χ2n) is 5.16. The molecule has 1 fully saturated rings. The summed E-state index contributed by atoms with van der Waals surface area (Å²) in [5, 5.41) is 9.93. The van der Waals surface area contributed by atoms with E-state index in [1.165, 1.54) is 4.31 Å². The van der Waals surface area contributed by atoms with Crippen LogP contribution in [0.1, 0.15) is 31.2 Å². The van der Waals surface area contributed by atoms with Crippen molar-refractivity contribution in [3.8, 4) is 0 Å². The van der Waals surface area contributed by atoms with Gasteiger partial charge in [0, 0.05) is 17.6 Å². The van der Waals surface area contributed by atoms with Crippen molar-refractivity contribution >= 4 is 21.6 Å². The highest BCUT2D eigenvalue weighted by Gasteiger charge is 2.33. The van der Waals surface area contributed by atoms with Crippen LogP contribution in [0.25, 0.3) is 0 Å². The SMILES string of the molecule is Cc1c(Cl)cccc1S(=O)(=O)N1CCCCCC1CO. The standard InChI is InChI=1S/C14H20ClNO3S/c1-11-13(15)7-5-8-14(11)20(18,19)16-9-4-2-3-6-12(16)10-17/h5,7-8,12,17H,2-4,6,9-10H2,1H3. The third-order valence-electron chi connectivity index (χ3n) is 3.84. The number of hydrogen-bond donors (Lipinski definition) is 1. The Kier molecular flexibility index (Phi) is 5.07. The second kappa shape index (κ2) is 6.43. The molecule has 1 atom stereocenters. The van der Waals surface area contributed by atoms with Gasteiger partial charge >= 0.3 is 0 Å². The van der Waals surface area contributed by atoms with Gasteiger partial charge in [0.05, 0.1) is 11.5 Å². The third-order valence-corrected chi connectivity index (χ3v) is 6.34. The average molecular weight is 318 g/mol. The minimum absolute atomic E-state index is 0.140. The Hall–Kier alpha value is -0.620. The summed E-state index contributed by atoms with van der Waals surface area (Å²) in [4.78, 5) is 0.241. The van der Waals surface area contributed by atoms with E-state index in [2.05, 4.69) is 0 Å². The number of aliphatic hydroxyl groups excluding tert-OH is 1. The van der Waals surface area contributed by atoms with E-state index in [-0.39, 0.29) is 17.5 Å². The van der Waals surface area contributed by atoms with Crippen LogP contribution in [0.4, 0.5) is 0 Å². The molecule has 1 saturated heterocycles. The van der Waals surface area contributed by atoms with E-state index >= 15 is 0 Å². The van der Waals surface area contributed by atoms with Gasteiger partial charge in [-0.15, -0.1) is 0 Å². The molecule has 0 amide bonds. The Morgan fingerprint density at radius 2 is 2.10 bits per heavy atom. The summed E-state index contributed by atoms with van der Waals surface area (Å²) >= 11 is 6.03. The van der Waals surface area contributed by atoms with Gasteiger partial charge < -0.3 is 5.11 Å². The first-order chi connectivity index (χ1) is 9.48. The molecule has 1 N–H and O–H groups in total. The first-order valence-corrected chi connectivity index (χ1v) is 8.68. The number of hydrogen-bond acceptors (Lipinski definition) is 3. The molecule has 20 heavy (non-hydrogen) atoms. The zero-order chi connectivity index (χ0) is 14.8. The molecule has 0 aliphatic carbocycles. The molecule has 1 aliphatic heterocycles. The molecular weight excluding hydrogens is 298 g/mol. The highest BCUT2D eigenvalue weighted by molar-refractivity contribution is 7.89. The van der Waals surface area contributed by atoms with Gasteiger partial charge in [0.2, 0.25) is 10.0 Å². The summed E-state index contributed by atoms with van der Waals surface area (Å²) in [6.45, 7) is 2.03. The maximum Gasteiger partial charge on any atom is 0.243 e. The van der Waals surface area contributed by atoms with Crippen LogP contribution in [0.3, 0.4) is 0 Å². The summed E-state index contributed by atoms with van der Waals surface area (Å²) in [6, 6.07) is 4.58. The lowest BCUT2D eigenvalue weighted by Crippen LogP contribution is -2.42. The summed E-state index contributed by atoms with van der Waals surface area (Å²) in [5.74, 6) is 0. The first-order valence-electron chi connectivity index (χ1n) is 6.86.